The fraction of sp³-hybridized carbons (Fsp3) is 0.500. The van der Waals surface area contributed by atoms with E-state index in [1.807, 2.05) is 26.0 Å². The predicted octanol–water partition coefficient (Wildman–Crippen LogP) is 3.49. The van der Waals surface area contributed by atoms with Crippen molar-refractivity contribution in [2.45, 2.75) is 20.3 Å². The Labute approximate surface area is 155 Å². The molecular formula is C20H21BrN2O2. The molecule has 1 N–H and O–H groups in total. The molecule has 0 unspecified atom stereocenters. The van der Waals surface area contributed by atoms with Crippen LogP contribution < -0.4 is 5.32 Å². The SMILES string of the molecule is Cc1cc(NCN2C(=O)[C@@H]3[C@H]4C=C[C@@H]([C@@H]5C[C@@H]45)[C@H]3C2=O)cc(C)c1Br. The van der Waals surface area contributed by atoms with Crippen LogP contribution in [0.1, 0.15) is 17.5 Å². The molecule has 1 aliphatic heterocycles. The minimum absolute atomic E-state index is 0.0257. The number of carbonyl (C=O) groups is 2. The molecule has 2 bridgehead atoms. The first-order chi connectivity index (χ1) is 12.0. The van der Waals surface area contributed by atoms with Crippen LogP contribution in [0.25, 0.3) is 0 Å². The van der Waals surface area contributed by atoms with E-state index in [2.05, 4.69) is 33.4 Å². The quantitative estimate of drug-likeness (QED) is 0.623. The van der Waals surface area contributed by atoms with E-state index in [-0.39, 0.29) is 30.3 Å². The molecule has 5 aliphatic rings. The first kappa shape index (κ1) is 15.6. The van der Waals surface area contributed by atoms with Crippen molar-refractivity contribution < 1.29 is 9.59 Å². The van der Waals surface area contributed by atoms with Crippen LogP contribution in [0.15, 0.2) is 28.8 Å². The first-order valence-corrected chi connectivity index (χ1v) is 9.81. The fourth-order valence-corrected chi connectivity index (χ4v) is 5.62. The number of halogens is 1. The predicted molar refractivity (Wildman–Crippen MR) is 98.7 cm³/mol. The topological polar surface area (TPSA) is 49.4 Å². The van der Waals surface area contributed by atoms with Crippen molar-refractivity contribution >= 4 is 33.4 Å². The van der Waals surface area contributed by atoms with Gasteiger partial charge in [0.1, 0.15) is 0 Å². The normalized spacial score (nSPS) is 37.3. The lowest BCUT2D eigenvalue weighted by atomic mass is 9.63. The second-order valence-corrected chi connectivity index (χ2v) is 8.81. The van der Waals surface area contributed by atoms with Crippen molar-refractivity contribution in [3.63, 3.8) is 0 Å². The number of hydrogen-bond donors (Lipinski definition) is 1. The Morgan fingerprint density at radius 3 is 2.08 bits per heavy atom. The number of rotatable bonds is 3. The zero-order chi connectivity index (χ0) is 17.5. The van der Waals surface area contributed by atoms with Gasteiger partial charge in [-0.15, -0.1) is 0 Å². The molecule has 0 radical (unpaired) electrons. The average Bonchev–Trinajstić information content (AvgIpc) is 3.37. The molecule has 2 amide bonds. The van der Waals surface area contributed by atoms with Crippen LogP contribution in [0.5, 0.6) is 0 Å². The zero-order valence-corrected chi connectivity index (χ0v) is 15.9. The number of benzene rings is 1. The van der Waals surface area contributed by atoms with Crippen LogP contribution in [0.4, 0.5) is 5.69 Å². The summed E-state index contributed by atoms with van der Waals surface area (Å²) < 4.78 is 1.10. The van der Waals surface area contributed by atoms with E-state index < -0.39 is 0 Å². The standard InChI is InChI=1S/C20H21BrN2O2/c1-9-5-11(6-10(2)18(9)21)22-8-23-19(24)16-12-3-4-13(15-7-14(12)15)17(16)20(23)25/h3-6,12-17,22H,7-8H2,1-2H3/t12-,13-,14-,15-,16+,17+/m0/s1. The maximum atomic E-state index is 12.9. The molecule has 0 aromatic heterocycles. The van der Waals surface area contributed by atoms with E-state index >= 15 is 0 Å². The van der Waals surface area contributed by atoms with E-state index in [0.29, 0.717) is 23.7 Å². The molecule has 3 fully saturated rings. The van der Waals surface area contributed by atoms with E-state index in [1.165, 1.54) is 11.3 Å². The highest BCUT2D eigenvalue weighted by Gasteiger charge is 2.66. The lowest BCUT2D eigenvalue weighted by Crippen LogP contribution is -2.40. The van der Waals surface area contributed by atoms with E-state index in [1.54, 1.807) is 0 Å². The third-order valence-corrected chi connectivity index (χ3v) is 7.88. The Hall–Kier alpha value is -1.62. The maximum Gasteiger partial charge on any atom is 0.235 e. The summed E-state index contributed by atoms with van der Waals surface area (Å²) in [6.45, 7) is 4.34. The summed E-state index contributed by atoms with van der Waals surface area (Å²) in [4.78, 5) is 27.3. The molecule has 4 aliphatic carbocycles. The van der Waals surface area contributed by atoms with Crippen molar-refractivity contribution in [1.29, 1.82) is 0 Å². The van der Waals surface area contributed by atoms with Crippen LogP contribution in [0.3, 0.4) is 0 Å². The van der Waals surface area contributed by atoms with Gasteiger partial charge in [0.05, 0.1) is 18.5 Å². The van der Waals surface area contributed by atoms with Gasteiger partial charge in [0, 0.05) is 10.2 Å². The van der Waals surface area contributed by atoms with Gasteiger partial charge in [-0.3, -0.25) is 14.5 Å². The smallest absolute Gasteiger partial charge is 0.235 e. The summed E-state index contributed by atoms with van der Waals surface area (Å²) in [6.07, 6.45) is 5.62. The van der Waals surface area contributed by atoms with Crippen LogP contribution in [0, 0.1) is 49.4 Å². The van der Waals surface area contributed by atoms with Gasteiger partial charge in [0.25, 0.3) is 0 Å². The minimum Gasteiger partial charge on any atom is -0.367 e. The molecule has 1 heterocycles. The number of nitrogens with zero attached hydrogens (tertiary/aromatic N) is 1. The summed E-state index contributed by atoms with van der Waals surface area (Å²) in [5.74, 6) is 1.71. The van der Waals surface area contributed by atoms with Gasteiger partial charge in [-0.2, -0.15) is 0 Å². The second-order valence-electron chi connectivity index (χ2n) is 8.02. The van der Waals surface area contributed by atoms with Gasteiger partial charge >= 0.3 is 0 Å². The Bertz CT molecular complexity index is 774. The van der Waals surface area contributed by atoms with Crippen LogP contribution in [0.2, 0.25) is 0 Å². The summed E-state index contributed by atoms with van der Waals surface area (Å²) >= 11 is 3.57. The summed E-state index contributed by atoms with van der Waals surface area (Å²) in [5, 5.41) is 3.28. The highest BCUT2D eigenvalue weighted by atomic mass is 79.9. The molecule has 130 valence electrons. The number of nitrogens with one attached hydrogen (secondary N) is 1. The average molecular weight is 401 g/mol. The highest BCUT2D eigenvalue weighted by molar-refractivity contribution is 9.10. The molecule has 6 atom stereocenters. The zero-order valence-electron chi connectivity index (χ0n) is 14.3. The first-order valence-electron chi connectivity index (χ1n) is 9.01. The van der Waals surface area contributed by atoms with Crippen LogP contribution >= 0.6 is 15.9 Å². The van der Waals surface area contributed by atoms with E-state index in [0.717, 1.165) is 21.3 Å². The molecule has 5 heteroatoms. The summed E-state index contributed by atoms with van der Waals surface area (Å²) in [7, 11) is 0. The number of carbonyl (C=O) groups excluding carboxylic acids is 2. The molecule has 25 heavy (non-hydrogen) atoms. The van der Waals surface area contributed by atoms with Crippen molar-refractivity contribution in [1.82, 2.24) is 4.90 Å². The van der Waals surface area contributed by atoms with E-state index in [9.17, 15) is 9.59 Å². The number of anilines is 1. The number of amides is 2. The van der Waals surface area contributed by atoms with Crippen molar-refractivity contribution in [2.75, 3.05) is 12.0 Å². The largest absolute Gasteiger partial charge is 0.367 e. The number of imide groups is 1. The Morgan fingerprint density at radius 1 is 1.04 bits per heavy atom. The monoisotopic (exact) mass is 400 g/mol. The molecule has 4 nitrogen and oxygen atoms in total. The van der Waals surface area contributed by atoms with Crippen molar-refractivity contribution in [2.24, 2.45) is 35.5 Å². The molecule has 1 saturated heterocycles. The Kier molecular flexibility index (Phi) is 3.25. The minimum atomic E-state index is -0.110. The van der Waals surface area contributed by atoms with Crippen molar-refractivity contribution in [3.05, 3.63) is 39.9 Å². The molecule has 1 aromatic carbocycles. The number of allylic oxidation sites excluding steroid dienone is 2. The Morgan fingerprint density at radius 2 is 1.56 bits per heavy atom. The molecule has 1 aromatic rings. The van der Waals surface area contributed by atoms with Gasteiger partial charge in [0.2, 0.25) is 11.8 Å². The van der Waals surface area contributed by atoms with Crippen LogP contribution in [-0.2, 0) is 9.59 Å². The van der Waals surface area contributed by atoms with Gasteiger partial charge in [-0.05, 0) is 67.2 Å². The lowest BCUT2D eigenvalue weighted by molar-refractivity contribution is -0.139. The summed E-state index contributed by atoms with van der Waals surface area (Å²) in [5.41, 5.74) is 3.22. The van der Waals surface area contributed by atoms with Gasteiger partial charge in [-0.1, -0.05) is 28.1 Å². The third kappa shape index (κ3) is 2.11. The summed E-state index contributed by atoms with van der Waals surface area (Å²) in [6, 6.07) is 4.07. The third-order valence-electron chi connectivity index (χ3n) is 6.63. The van der Waals surface area contributed by atoms with E-state index in [4.69, 9.17) is 0 Å². The maximum absolute atomic E-state index is 12.9. The van der Waals surface area contributed by atoms with Crippen LogP contribution in [-0.4, -0.2) is 23.4 Å². The molecular weight excluding hydrogens is 380 g/mol. The fourth-order valence-electron chi connectivity index (χ4n) is 5.39. The van der Waals surface area contributed by atoms with Gasteiger partial charge in [0.15, 0.2) is 0 Å². The van der Waals surface area contributed by atoms with Crippen molar-refractivity contribution in [3.8, 4) is 0 Å². The second kappa shape index (κ2) is 5.19. The van der Waals surface area contributed by atoms with Gasteiger partial charge < -0.3 is 5.32 Å². The number of likely N-dealkylation sites (tertiary alicyclic amines) is 1. The highest BCUT2D eigenvalue weighted by Crippen LogP contribution is 2.65. The Balaban J connectivity index is 1.36. The van der Waals surface area contributed by atoms with Gasteiger partial charge in [-0.25, -0.2) is 0 Å². The number of hydrogen-bond acceptors (Lipinski definition) is 3. The molecule has 0 spiro atoms. The number of aryl methyl sites for hydroxylation is 2. The molecule has 6 rings (SSSR count). The molecule has 2 saturated carbocycles. The lowest BCUT2D eigenvalue weighted by Gasteiger charge is -2.37.